The maximum atomic E-state index is 4.37. The molecule has 0 N–H and O–H groups in total. The third-order valence-electron chi connectivity index (χ3n) is 1.78. The topological polar surface area (TPSA) is 38.7 Å². The molecule has 2 aromatic heterocycles. The largest absolute Gasteiger partial charge is 0.250 e. The van der Waals surface area contributed by atoms with Gasteiger partial charge in [0.2, 0.25) is 0 Å². The summed E-state index contributed by atoms with van der Waals surface area (Å²) in [5, 5.41) is 0. The first-order chi connectivity index (χ1) is 6.90. The van der Waals surface area contributed by atoms with Crippen LogP contribution in [0.4, 0.5) is 0 Å². The second kappa shape index (κ2) is 5.27. The molecule has 0 saturated carbocycles. The molecule has 14 heavy (non-hydrogen) atoms. The average Bonchev–Trinajstić information content (AvgIpc) is 2.31. The van der Waals surface area contributed by atoms with E-state index in [-0.39, 0.29) is 0 Å². The standard InChI is InChI=1S/C9H9N3.C2H6/c1-2-7-3-4-8-9(12-7)5-10-6-11-8;1-2/h3-6H,2H2,1H3;1-2H3. The van der Waals surface area contributed by atoms with Gasteiger partial charge in [-0.05, 0) is 18.6 Å². The molecule has 0 aliphatic rings. The zero-order valence-corrected chi connectivity index (χ0v) is 8.86. The third kappa shape index (κ3) is 2.25. The zero-order valence-electron chi connectivity index (χ0n) is 8.86. The van der Waals surface area contributed by atoms with E-state index in [2.05, 4.69) is 21.9 Å². The Kier molecular flexibility index (Phi) is 3.98. The fraction of sp³-hybridized carbons (Fsp3) is 0.364. The Labute approximate surface area is 84.2 Å². The lowest BCUT2D eigenvalue weighted by atomic mass is 10.2. The number of fused-ring (bicyclic) bond motifs is 1. The van der Waals surface area contributed by atoms with Crippen molar-refractivity contribution in [1.82, 2.24) is 15.0 Å². The van der Waals surface area contributed by atoms with E-state index >= 15 is 0 Å². The van der Waals surface area contributed by atoms with Crippen molar-refractivity contribution in [2.75, 3.05) is 0 Å². The number of hydrogen-bond acceptors (Lipinski definition) is 3. The monoisotopic (exact) mass is 189 g/mol. The Morgan fingerprint density at radius 1 is 1.14 bits per heavy atom. The van der Waals surface area contributed by atoms with Gasteiger partial charge in [0, 0.05) is 5.69 Å². The summed E-state index contributed by atoms with van der Waals surface area (Å²) in [4.78, 5) is 12.4. The van der Waals surface area contributed by atoms with E-state index in [1.54, 1.807) is 6.20 Å². The normalized spacial score (nSPS) is 9.36. The van der Waals surface area contributed by atoms with Gasteiger partial charge in [-0.3, -0.25) is 0 Å². The Hall–Kier alpha value is -1.51. The highest BCUT2D eigenvalue weighted by Gasteiger charge is 1.95. The molecule has 3 heteroatoms. The van der Waals surface area contributed by atoms with Crippen LogP contribution in [-0.2, 0) is 6.42 Å². The molecule has 0 bridgehead atoms. The number of nitrogens with zero attached hydrogens (tertiary/aromatic N) is 3. The van der Waals surface area contributed by atoms with E-state index in [1.807, 2.05) is 26.0 Å². The summed E-state index contributed by atoms with van der Waals surface area (Å²) in [6.45, 7) is 6.08. The van der Waals surface area contributed by atoms with Gasteiger partial charge in [-0.1, -0.05) is 20.8 Å². The zero-order chi connectivity index (χ0) is 10.4. The van der Waals surface area contributed by atoms with Gasteiger partial charge in [-0.25, -0.2) is 15.0 Å². The van der Waals surface area contributed by atoms with Crippen molar-refractivity contribution in [3.8, 4) is 0 Å². The van der Waals surface area contributed by atoms with Crippen LogP contribution in [-0.4, -0.2) is 15.0 Å². The number of pyridine rings is 1. The molecule has 2 rings (SSSR count). The van der Waals surface area contributed by atoms with Crippen LogP contribution in [0.1, 0.15) is 26.5 Å². The molecule has 0 aliphatic carbocycles. The Balaban J connectivity index is 0.000000461. The van der Waals surface area contributed by atoms with Crippen molar-refractivity contribution in [3.63, 3.8) is 0 Å². The van der Waals surface area contributed by atoms with Crippen molar-refractivity contribution in [1.29, 1.82) is 0 Å². The first kappa shape index (κ1) is 10.6. The highest BCUT2D eigenvalue weighted by molar-refractivity contribution is 5.72. The SMILES string of the molecule is CC.CCc1ccc2ncncc2n1. The summed E-state index contributed by atoms with van der Waals surface area (Å²) < 4.78 is 0. The van der Waals surface area contributed by atoms with Crippen LogP contribution >= 0.6 is 0 Å². The lowest BCUT2D eigenvalue weighted by Gasteiger charge is -1.97. The molecule has 0 fully saturated rings. The van der Waals surface area contributed by atoms with Crippen molar-refractivity contribution in [3.05, 3.63) is 30.4 Å². The molecule has 0 aliphatic heterocycles. The van der Waals surface area contributed by atoms with Gasteiger partial charge in [0.05, 0.1) is 11.7 Å². The Bertz CT molecular complexity index is 398. The lowest BCUT2D eigenvalue weighted by Crippen LogP contribution is -1.89. The van der Waals surface area contributed by atoms with Crippen molar-refractivity contribution in [2.24, 2.45) is 0 Å². The smallest absolute Gasteiger partial charge is 0.116 e. The molecule has 0 saturated heterocycles. The lowest BCUT2D eigenvalue weighted by molar-refractivity contribution is 1.05. The van der Waals surface area contributed by atoms with Gasteiger partial charge in [0.25, 0.3) is 0 Å². The predicted octanol–water partition coefficient (Wildman–Crippen LogP) is 2.61. The molecular weight excluding hydrogens is 174 g/mol. The Morgan fingerprint density at radius 3 is 2.64 bits per heavy atom. The average molecular weight is 189 g/mol. The molecule has 0 spiro atoms. The summed E-state index contributed by atoms with van der Waals surface area (Å²) >= 11 is 0. The van der Waals surface area contributed by atoms with Crippen molar-refractivity contribution >= 4 is 11.0 Å². The van der Waals surface area contributed by atoms with Crippen LogP contribution in [0.15, 0.2) is 24.7 Å². The molecule has 2 heterocycles. The van der Waals surface area contributed by atoms with E-state index in [9.17, 15) is 0 Å². The molecule has 3 nitrogen and oxygen atoms in total. The molecule has 74 valence electrons. The van der Waals surface area contributed by atoms with Crippen LogP contribution in [0, 0.1) is 0 Å². The molecular formula is C11H15N3. The van der Waals surface area contributed by atoms with Crippen LogP contribution in [0.2, 0.25) is 0 Å². The van der Waals surface area contributed by atoms with Crippen LogP contribution in [0.25, 0.3) is 11.0 Å². The number of hydrogen-bond donors (Lipinski definition) is 0. The second-order valence-corrected chi connectivity index (χ2v) is 2.58. The van der Waals surface area contributed by atoms with E-state index < -0.39 is 0 Å². The first-order valence-corrected chi connectivity index (χ1v) is 4.96. The van der Waals surface area contributed by atoms with Crippen LogP contribution in [0.3, 0.4) is 0 Å². The van der Waals surface area contributed by atoms with Gasteiger partial charge in [-0.15, -0.1) is 0 Å². The summed E-state index contributed by atoms with van der Waals surface area (Å²) in [6.07, 6.45) is 4.22. The highest BCUT2D eigenvalue weighted by atomic mass is 14.9. The van der Waals surface area contributed by atoms with Gasteiger partial charge >= 0.3 is 0 Å². The van der Waals surface area contributed by atoms with Gasteiger partial charge in [0.15, 0.2) is 0 Å². The molecule has 2 aromatic rings. The summed E-state index contributed by atoms with van der Waals surface area (Å²) in [5.41, 5.74) is 2.86. The summed E-state index contributed by atoms with van der Waals surface area (Å²) in [5.74, 6) is 0. The van der Waals surface area contributed by atoms with Crippen LogP contribution in [0.5, 0.6) is 0 Å². The van der Waals surface area contributed by atoms with E-state index in [1.165, 1.54) is 6.33 Å². The minimum atomic E-state index is 0.872. The van der Waals surface area contributed by atoms with Gasteiger partial charge in [0.1, 0.15) is 11.8 Å². The maximum Gasteiger partial charge on any atom is 0.116 e. The van der Waals surface area contributed by atoms with Gasteiger partial charge < -0.3 is 0 Å². The minimum Gasteiger partial charge on any atom is -0.250 e. The van der Waals surface area contributed by atoms with E-state index in [4.69, 9.17) is 0 Å². The third-order valence-corrected chi connectivity index (χ3v) is 1.78. The Morgan fingerprint density at radius 2 is 1.93 bits per heavy atom. The minimum absolute atomic E-state index is 0.872. The highest BCUT2D eigenvalue weighted by Crippen LogP contribution is 2.07. The predicted molar refractivity (Wildman–Crippen MR) is 58.1 cm³/mol. The quantitative estimate of drug-likeness (QED) is 0.692. The number of aromatic nitrogens is 3. The van der Waals surface area contributed by atoms with Crippen molar-refractivity contribution in [2.45, 2.75) is 27.2 Å². The van der Waals surface area contributed by atoms with Gasteiger partial charge in [-0.2, -0.15) is 0 Å². The number of rotatable bonds is 1. The van der Waals surface area contributed by atoms with Crippen molar-refractivity contribution < 1.29 is 0 Å². The van der Waals surface area contributed by atoms with E-state index in [0.29, 0.717) is 0 Å². The molecule has 0 unspecified atom stereocenters. The number of aryl methyl sites for hydroxylation is 1. The molecule has 0 atom stereocenters. The molecule has 0 radical (unpaired) electrons. The fourth-order valence-corrected chi connectivity index (χ4v) is 1.11. The molecule has 0 amide bonds. The van der Waals surface area contributed by atoms with E-state index in [0.717, 1.165) is 23.1 Å². The second-order valence-electron chi connectivity index (χ2n) is 2.58. The van der Waals surface area contributed by atoms with Crippen LogP contribution < -0.4 is 0 Å². The fourth-order valence-electron chi connectivity index (χ4n) is 1.11. The summed E-state index contributed by atoms with van der Waals surface area (Å²) in [7, 11) is 0. The molecule has 0 aromatic carbocycles. The first-order valence-electron chi connectivity index (χ1n) is 4.96. The maximum absolute atomic E-state index is 4.37. The summed E-state index contributed by atoms with van der Waals surface area (Å²) in [6, 6.07) is 3.97.